The first-order chi connectivity index (χ1) is 14.1. The zero-order valence-corrected chi connectivity index (χ0v) is 16.5. The largest absolute Gasteiger partial charge is 0.418 e. The van der Waals surface area contributed by atoms with E-state index in [2.05, 4.69) is 9.97 Å². The van der Waals surface area contributed by atoms with E-state index in [0.717, 1.165) is 12.3 Å². The normalized spacial score (nSPS) is 12.3. The Hall–Kier alpha value is -3.26. The van der Waals surface area contributed by atoms with Crippen molar-refractivity contribution in [3.8, 4) is 22.4 Å². The van der Waals surface area contributed by atoms with Crippen LogP contribution in [0.3, 0.4) is 0 Å². The molecular weight excluding hydrogens is 413 g/mol. The topological polar surface area (TPSA) is 59.9 Å². The summed E-state index contributed by atoms with van der Waals surface area (Å²) < 4.78 is 63.5. The van der Waals surface area contributed by atoms with Crippen LogP contribution >= 0.6 is 0 Å². The predicted molar refractivity (Wildman–Crippen MR) is 109 cm³/mol. The third kappa shape index (κ3) is 3.78. The van der Waals surface area contributed by atoms with Crippen LogP contribution in [0, 0.1) is 0 Å². The van der Waals surface area contributed by atoms with E-state index in [9.17, 15) is 21.6 Å². The van der Waals surface area contributed by atoms with Gasteiger partial charge in [-0.2, -0.15) is 13.2 Å². The predicted octanol–water partition coefficient (Wildman–Crippen LogP) is 5.39. The molecule has 0 radical (unpaired) electrons. The van der Waals surface area contributed by atoms with E-state index >= 15 is 0 Å². The first-order valence-corrected chi connectivity index (χ1v) is 10.8. The lowest BCUT2D eigenvalue weighted by Gasteiger charge is -2.11. The second-order valence-electron chi connectivity index (χ2n) is 6.77. The summed E-state index contributed by atoms with van der Waals surface area (Å²) in [7, 11) is -3.40. The SMILES string of the molecule is CS(=O)(=O)c1ccccc1-c1ccc(-c2cnc3c(C(F)(F)F)cccc3n2)cc1. The maximum absolute atomic E-state index is 13.2. The molecule has 4 rings (SSSR count). The highest BCUT2D eigenvalue weighted by atomic mass is 32.2. The van der Waals surface area contributed by atoms with E-state index in [4.69, 9.17) is 0 Å². The average molecular weight is 428 g/mol. The Morgan fingerprint density at radius 3 is 2.17 bits per heavy atom. The molecule has 0 aliphatic carbocycles. The van der Waals surface area contributed by atoms with Crippen LogP contribution in [-0.4, -0.2) is 24.6 Å². The molecule has 1 heterocycles. The van der Waals surface area contributed by atoms with Crippen molar-refractivity contribution in [1.82, 2.24) is 9.97 Å². The molecule has 0 N–H and O–H groups in total. The third-order valence-electron chi connectivity index (χ3n) is 4.66. The molecule has 4 nitrogen and oxygen atoms in total. The van der Waals surface area contributed by atoms with Crippen LogP contribution < -0.4 is 0 Å². The van der Waals surface area contributed by atoms with Gasteiger partial charge in [-0.05, 0) is 23.8 Å². The summed E-state index contributed by atoms with van der Waals surface area (Å²) in [4.78, 5) is 8.53. The number of halogens is 3. The van der Waals surface area contributed by atoms with Gasteiger partial charge < -0.3 is 0 Å². The average Bonchev–Trinajstić information content (AvgIpc) is 2.72. The molecular formula is C22H15F3N2O2S. The van der Waals surface area contributed by atoms with E-state index in [1.807, 2.05) is 0 Å². The molecule has 0 atom stereocenters. The Kier molecular flexibility index (Phi) is 4.82. The van der Waals surface area contributed by atoms with Gasteiger partial charge in [0.05, 0.1) is 27.9 Å². The van der Waals surface area contributed by atoms with Gasteiger partial charge >= 0.3 is 6.18 Å². The molecule has 0 saturated heterocycles. The number of sulfone groups is 1. The van der Waals surface area contributed by atoms with Gasteiger partial charge in [-0.3, -0.25) is 4.98 Å². The minimum absolute atomic E-state index is 0.147. The van der Waals surface area contributed by atoms with Crippen molar-refractivity contribution in [1.29, 1.82) is 0 Å². The van der Waals surface area contributed by atoms with Gasteiger partial charge in [0.1, 0.15) is 5.52 Å². The first-order valence-electron chi connectivity index (χ1n) is 8.87. The van der Waals surface area contributed by atoms with Crippen LogP contribution in [0.15, 0.2) is 77.8 Å². The van der Waals surface area contributed by atoms with Crippen molar-refractivity contribution in [3.05, 3.63) is 78.5 Å². The fraction of sp³-hybridized carbons (Fsp3) is 0.0909. The quantitative estimate of drug-likeness (QED) is 0.439. The van der Waals surface area contributed by atoms with Crippen LogP contribution in [-0.2, 0) is 16.0 Å². The van der Waals surface area contributed by atoms with E-state index < -0.39 is 21.6 Å². The number of hydrogen-bond donors (Lipinski definition) is 0. The van der Waals surface area contributed by atoms with Gasteiger partial charge in [0.15, 0.2) is 9.84 Å². The van der Waals surface area contributed by atoms with E-state index in [0.29, 0.717) is 22.4 Å². The van der Waals surface area contributed by atoms with Crippen molar-refractivity contribution >= 4 is 20.9 Å². The second-order valence-corrected chi connectivity index (χ2v) is 8.76. The van der Waals surface area contributed by atoms with Crippen molar-refractivity contribution in [2.75, 3.05) is 6.26 Å². The van der Waals surface area contributed by atoms with Gasteiger partial charge in [-0.1, -0.05) is 48.5 Å². The lowest BCUT2D eigenvalue weighted by molar-refractivity contribution is -0.136. The second kappa shape index (κ2) is 7.21. The lowest BCUT2D eigenvalue weighted by Crippen LogP contribution is -2.07. The summed E-state index contributed by atoms with van der Waals surface area (Å²) in [5, 5.41) is 0. The number of alkyl halides is 3. The standard InChI is InChI=1S/C22H15F3N2O2S/c1-30(28,29)20-8-3-2-5-16(20)14-9-11-15(12-10-14)19-13-26-21-17(22(23,24)25)6-4-7-18(21)27-19/h2-13H,1H3. The van der Waals surface area contributed by atoms with E-state index in [-0.39, 0.29) is 15.9 Å². The highest BCUT2D eigenvalue weighted by Crippen LogP contribution is 2.34. The van der Waals surface area contributed by atoms with Crippen molar-refractivity contribution < 1.29 is 21.6 Å². The molecule has 30 heavy (non-hydrogen) atoms. The molecule has 0 aliphatic heterocycles. The van der Waals surface area contributed by atoms with Gasteiger partial charge in [0.2, 0.25) is 0 Å². The Labute approximate surface area is 171 Å². The maximum Gasteiger partial charge on any atom is 0.418 e. The zero-order valence-electron chi connectivity index (χ0n) is 15.7. The molecule has 0 amide bonds. The maximum atomic E-state index is 13.2. The van der Waals surface area contributed by atoms with Gasteiger partial charge in [-0.25, -0.2) is 13.4 Å². The number of nitrogens with zero attached hydrogens (tertiary/aromatic N) is 2. The third-order valence-corrected chi connectivity index (χ3v) is 5.81. The first kappa shape index (κ1) is 20.0. The Bertz CT molecular complexity index is 1350. The van der Waals surface area contributed by atoms with E-state index in [1.54, 1.807) is 48.5 Å². The fourth-order valence-electron chi connectivity index (χ4n) is 3.26. The van der Waals surface area contributed by atoms with Crippen molar-refractivity contribution in [3.63, 3.8) is 0 Å². The highest BCUT2D eigenvalue weighted by Gasteiger charge is 2.33. The van der Waals surface area contributed by atoms with E-state index in [1.165, 1.54) is 18.3 Å². The molecule has 8 heteroatoms. The van der Waals surface area contributed by atoms with Gasteiger partial charge in [0, 0.05) is 17.4 Å². The summed E-state index contributed by atoms with van der Waals surface area (Å²) in [5.74, 6) is 0. The zero-order chi connectivity index (χ0) is 21.5. The van der Waals surface area contributed by atoms with Crippen LogP contribution in [0.1, 0.15) is 5.56 Å². The van der Waals surface area contributed by atoms with Crippen LogP contribution in [0.5, 0.6) is 0 Å². The van der Waals surface area contributed by atoms with Crippen LogP contribution in [0.25, 0.3) is 33.4 Å². The number of aromatic nitrogens is 2. The number of rotatable bonds is 3. The molecule has 0 spiro atoms. The summed E-state index contributed by atoms with van der Waals surface area (Å²) in [6, 6.07) is 17.4. The van der Waals surface area contributed by atoms with Crippen molar-refractivity contribution in [2.45, 2.75) is 11.1 Å². The monoisotopic (exact) mass is 428 g/mol. The minimum atomic E-state index is -4.51. The van der Waals surface area contributed by atoms with Crippen molar-refractivity contribution in [2.24, 2.45) is 0 Å². The summed E-state index contributed by atoms with van der Waals surface area (Å²) in [5.41, 5.74) is 1.47. The molecule has 0 aliphatic rings. The Morgan fingerprint density at radius 2 is 1.50 bits per heavy atom. The molecule has 0 unspecified atom stereocenters. The molecule has 4 aromatic rings. The van der Waals surface area contributed by atoms with Crippen LogP contribution in [0.4, 0.5) is 13.2 Å². The lowest BCUT2D eigenvalue weighted by atomic mass is 10.0. The Morgan fingerprint density at radius 1 is 0.833 bits per heavy atom. The number of para-hydroxylation sites is 1. The fourth-order valence-corrected chi connectivity index (χ4v) is 4.17. The highest BCUT2D eigenvalue weighted by molar-refractivity contribution is 7.90. The van der Waals surface area contributed by atoms with Gasteiger partial charge in [0.25, 0.3) is 0 Å². The van der Waals surface area contributed by atoms with Gasteiger partial charge in [-0.15, -0.1) is 0 Å². The molecule has 152 valence electrons. The Balaban J connectivity index is 1.75. The molecule has 0 saturated carbocycles. The summed E-state index contributed by atoms with van der Waals surface area (Å²) in [6.45, 7) is 0. The molecule has 1 aromatic heterocycles. The summed E-state index contributed by atoms with van der Waals surface area (Å²) >= 11 is 0. The smallest absolute Gasteiger partial charge is 0.252 e. The number of benzene rings is 3. The number of hydrogen-bond acceptors (Lipinski definition) is 4. The molecule has 3 aromatic carbocycles. The minimum Gasteiger partial charge on any atom is -0.252 e. The molecule has 0 bridgehead atoms. The summed E-state index contributed by atoms with van der Waals surface area (Å²) in [6.07, 6.45) is -2.05. The molecule has 0 fully saturated rings. The number of fused-ring (bicyclic) bond motifs is 1. The van der Waals surface area contributed by atoms with Crippen LogP contribution in [0.2, 0.25) is 0 Å².